The fourth-order valence-corrected chi connectivity index (χ4v) is 4.39. The van der Waals surface area contributed by atoms with Crippen LogP contribution in [0.3, 0.4) is 0 Å². The van der Waals surface area contributed by atoms with Gasteiger partial charge in [-0.15, -0.1) is 0 Å². The molecule has 0 aromatic heterocycles. The molecule has 3 saturated heterocycles. The molecule has 7 heteroatoms. The number of aliphatic hydroxyl groups is 1. The molecule has 1 unspecified atom stereocenters. The average molecular weight is 477 g/mol. The first-order valence-corrected chi connectivity index (χ1v) is 9.21. The first kappa shape index (κ1) is 20.6. The number of halogens is 2. The van der Waals surface area contributed by atoms with E-state index in [1.807, 2.05) is 12.1 Å². The smallest absolute Gasteiger partial charge is 0.344 e. The second kappa shape index (κ2) is 7.86. The number of ether oxygens (including phenoxy) is 1. The second-order valence-corrected chi connectivity index (χ2v) is 7.87. The van der Waals surface area contributed by atoms with Crippen LogP contribution in [0.1, 0.15) is 30.1 Å². The number of Topliss-reactive ketones (excluding diaryl/α,β-unsaturated/α-hetero) is 1. The van der Waals surface area contributed by atoms with E-state index < -0.39 is 11.6 Å². The SMILES string of the molecule is CCOC(=O)C1(O)C[N+]2(CC(=O)c3ccc(Br)cc3)CCC1CC2.[Br-]. The van der Waals surface area contributed by atoms with Gasteiger partial charge in [0.2, 0.25) is 11.4 Å². The molecule has 1 N–H and O–H groups in total. The Morgan fingerprint density at radius 3 is 2.44 bits per heavy atom. The van der Waals surface area contributed by atoms with E-state index in [2.05, 4.69) is 15.9 Å². The highest BCUT2D eigenvalue weighted by Gasteiger charge is 2.59. The number of hydrogen-bond donors (Lipinski definition) is 1. The second-order valence-electron chi connectivity index (χ2n) is 6.95. The van der Waals surface area contributed by atoms with Crippen LogP contribution in [0, 0.1) is 5.92 Å². The quantitative estimate of drug-likeness (QED) is 0.342. The predicted molar refractivity (Wildman–Crippen MR) is 92.5 cm³/mol. The van der Waals surface area contributed by atoms with E-state index in [0.29, 0.717) is 16.6 Å². The van der Waals surface area contributed by atoms with Crippen LogP contribution in [-0.2, 0) is 9.53 Å². The molecule has 3 fully saturated rings. The van der Waals surface area contributed by atoms with Gasteiger partial charge in [-0.2, -0.15) is 0 Å². The normalized spacial score (nSPS) is 30.4. The molecule has 0 amide bonds. The van der Waals surface area contributed by atoms with Crippen molar-refractivity contribution in [2.45, 2.75) is 25.4 Å². The Bertz CT molecular complexity index is 641. The zero-order chi connectivity index (χ0) is 17.4. The van der Waals surface area contributed by atoms with Crippen LogP contribution in [-0.4, -0.2) is 59.7 Å². The number of quaternary nitrogens is 1. The van der Waals surface area contributed by atoms with Crippen LogP contribution in [0.2, 0.25) is 0 Å². The number of ketones is 1. The molecule has 0 saturated carbocycles. The van der Waals surface area contributed by atoms with Crippen molar-refractivity contribution in [1.82, 2.24) is 0 Å². The van der Waals surface area contributed by atoms with Crippen LogP contribution in [0.15, 0.2) is 28.7 Å². The fourth-order valence-electron chi connectivity index (χ4n) is 4.12. The number of nitrogens with zero attached hydrogens (tertiary/aromatic N) is 1. The molecule has 3 heterocycles. The fraction of sp³-hybridized carbons (Fsp3) is 0.556. The Labute approximate surface area is 166 Å². The Morgan fingerprint density at radius 2 is 1.88 bits per heavy atom. The lowest BCUT2D eigenvalue weighted by Crippen LogP contribution is -3.00. The first-order valence-electron chi connectivity index (χ1n) is 8.42. The van der Waals surface area contributed by atoms with Gasteiger partial charge in [0.1, 0.15) is 13.1 Å². The highest BCUT2D eigenvalue weighted by atomic mass is 79.9. The molecule has 1 atom stereocenters. The number of carbonyl (C=O) groups is 2. The summed E-state index contributed by atoms with van der Waals surface area (Å²) in [7, 11) is 0. The number of benzene rings is 1. The third kappa shape index (κ3) is 3.99. The van der Waals surface area contributed by atoms with E-state index in [9.17, 15) is 14.7 Å². The number of hydrogen-bond acceptors (Lipinski definition) is 4. The van der Waals surface area contributed by atoms with Gasteiger partial charge in [-0.05, 0) is 19.1 Å². The molecule has 1 aromatic carbocycles. The lowest BCUT2D eigenvalue weighted by molar-refractivity contribution is -0.941. The molecule has 0 radical (unpaired) electrons. The summed E-state index contributed by atoms with van der Waals surface area (Å²) in [6, 6.07) is 7.31. The minimum atomic E-state index is -1.45. The summed E-state index contributed by atoms with van der Waals surface area (Å²) in [5, 5.41) is 10.9. The maximum absolute atomic E-state index is 12.7. The van der Waals surface area contributed by atoms with Crippen molar-refractivity contribution in [3.05, 3.63) is 34.3 Å². The van der Waals surface area contributed by atoms with Crippen LogP contribution in [0.5, 0.6) is 0 Å². The number of carbonyl (C=O) groups excluding carboxylic acids is 2. The van der Waals surface area contributed by atoms with Gasteiger partial charge in [0.25, 0.3) is 0 Å². The molecule has 1 aromatic rings. The van der Waals surface area contributed by atoms with Crippen molar-refractivity contribution in [3.8, 4) is 0 Å². The molecule has 25 heavy (non-hydrogen) atoms. The first-order chi connectivity index (χ1) is 11.4. The average Bonchev–Trinajstić information content (AvgIpc) is 2.56. The van der Waals surface area contributed by atoms with Crippen LogP contribution >= 0.6 is 15.9 Å². The Hall–Kier alpha value is -0.760. The molecular formula is C18H23Br2NO4. The highest BCUT2D eigenvalue weighted by molar-refractivity contribution is 9.10. The van der Waals surface area contributed by atoms with Crippen molar-refractivity contribution in [3.63, 3.8) is 0 Å². The van der Waals surface area contributed by atoms with Gasteiger partial charge in [0.15, 0.2) is 0 Å². The summed E-state index contributed by atoms with van der Waals surface area (Å²) in [6.45, 7) is 4.24. The summed E-state index contributed by atoms with van der Waals surface area (Å²) >= 11 is 3.37. The van der Waals surface area contributed by atoms with Crippen molar-refractivity contribution < 1.29 is 40.9 Å². The largest absolute Gasteiger partial charge is 1.00 e. The molecule has 5 nitrogen and oxygen atoms in total. The Morgan fingerprint density at radius 1 is 1.28 bits per heavy atom. The van der Waals surface area contributed by atoms with Gasteiger partial charge >= 0.3 is 5.97 Å². The Kier molecular flexibility index (Phi) is 6.46. The Balaban J connectivity index is 0.00000225. The maximum Gasteiger partial charge on any atom is 0.344 e. The van der Waals surface area contributed by atoms with E-state index >= 15 is 0 Å². The molecule has 138 valence electrons. The molecule has 0 spiro atoms. The van der Waals surface area contributed by atoms with Gasteiger partial charge in [-0.3, -0.25) is 4.79 Å². The number of fused-ring (bicyclic) bond motifs is 3. The molecule has 0 aliphatic carbocycles. The van der Waals surface area contributed by atoms with Crippen molar-refractivity contribution >= 4 is 27.7 Å². The van der Waals surface area contributed by atoms with E-state index in [4.69, 9.17) is 4.74 Å². The number of esters is 1. The topological polar surface area (TPSA) is 63.6 Å². The van der Waals surface area contributed by atoms with E-state index in [0.717, 1.165) is 30.4 Å². The third-order valence-electron chi connectivity index (χ3n) is 5.43. The summed E-state index contributed by atoms with van der Waals surface area (Å²) in [5.74, 6) is -0.540. The summed E-state index contributed by atoms with van der Waals surface area (Å²) in [4.78, 5) is 25.0. The molecular weight excluding hydrogens is 454 g/mol. The maximum atomic E-state index is 12.7. The summed E-state index contributed by atoms with van der Waals surface area (Å²) in [6.07, 6.45) is 1.51. The van der Waals surface area contributed by atoms with Gasteiger partial charge in [-0.25, -0.2) is 4.79 Å². The summed E-state index contributed by atoms with van der Waals surface area (Å²) in [5.41, 5.74) is -0.787. The highest BCUT2D eigenvalue weighted by Crippen LogP contribution is 2.41. The van der Waals surface area contributed by atoms with E-state index in [1.54, 1.807) is 19.1 Å². The molecule has 4 rings (SSSR count). The summed E-state index contributed by atoms with van der Waals surface area (Å²) < 4.78 is 6.50. The van der Waals surface area contributed by atoms with Crippen molar-refractivity contribution in [2.75, 3.05) is 32.8 Å². The van der Waals surface area contributed by atoms with E-state index in [-0.39, 0.29) is 41.8 Å². The standard InChI is InChI=1S/C18H23BrNO4.BrH/c1-2-24-17(22)18(23)12-20(9-7-14(18)8-10-20)11-16(21)13-3-5-15(19)6-4-13;/h3-6,14,23H,2,7-12H2,1H3;1H/q+1;/p-1. The minimum Gasteiger partial charge on any atom is -1.00 e. The van der Waals surface area contributed by atoms with Gasteiger partial charge in [-0.1, -0.05) is 28.1 Å². The lowest BCUT2D eigenvalue weighted by Gasteiger charge is -2.54. The van der Waals surface area contributed by atoms with Gasteiger partial charge in [0, 0.05) is 28.8 Å². The minimum absolute atomic E-state index is 0. The van der Waals surface area contributed by atoms with Gasteiger partial charge in [0.05, 0.1) is 19.7 Å². The monoisotopic (exact) mass is 475 g/mol. The zero-order valence-corrected chi connectivity index (χ0v) is 17.4. The van der Waals surface area contributed by atoms with Gasteiger partial charge < -0.3 is 31.3 Å². The molecule has 3 aliphatic rings. The van der Waals surface area contributed by atoms with E-state index in [1.165, 1.54) is 0 Å². The zero-order valence-electron chi connectivity index (χ0n) is 14.2. The number of rotatable bonds is 5. The molecule has 3 aliphatic heterocycles. The van der Waals surface area contributed by atoms with Crippen LogP contribution < -0.4 is 17.0 Å². The molecule has 2 bridgehead atoms. The lowest BCUT2D eigenvalue weighted by atomic mass is 9.73. The van der Waals surface area contributed by atoms with Crippen LogP contribution in [0.4, 0.5) is 0 Å². The predicted octanol–water partition coefficient (Wildman–Crippen LogP) is -0.830. The van der Waals surface area contributed by atoms with Crippen LogP contribution in [0.25, 0.3) is 0 Å². The number of piperidine rings is 3. The van der Waals surface area contributed by atoms with Crippen molar-refractivity contribution in [2.24, 2.45) is 5.92 Å². The third-order valence-corrected chi connectivity index (χ3v) is 5.96. The van der Waals surface area contributed by atoms with Crippen molar-refractivity contribution in [1.29, 1.82) is 0 Å².